The highest BCUT2D eigenvalue weighted by molar-refractivity contribution is 7.80. The highest BCUT2D eigenvalue weighted by Gasteiger charge is 2.21. The Morgan fingerprint density at radius 2 is 1.91 bits per heavy atom. The number of carbonyl (C=O) groups excluding carboxylic acids is 1. The number of rotatable bonds is 2. The molecule has 0 spiro atoms. The minimum atomic E-state index is -0.208. The van der Waals surface area contributed by atoms with Crippen LogP contribution in [0, 0.1) is 0 Å². The Labute approximate surface area is 141 Å². The van der Waals surface area contributed by atoms with E-state index in [1.165, 1.54) is 5.56 Å². The summed E-state index contributed by atoms with van der Waals surface area (Å²) < 4.78 is 5.10. The molecule has 2 aromatic carbocycles. The summed E-state index contributed by atoms with van der Waals surface area (Å²) in [5.74, 6) is 0.509. The fraction of sp³-hybridized carbons (Fsp3) is 0.222. The van der Waals surface area contributed by atoms with Crippen molar-refractivity contribution in [2.75, 3.05) is 18.6 Å². The molecule has 1 amide bonds. The molecule has 4 nitrogen and oxygen atoms in total. The topological polar surface area (TPSA) is 41.6 Å². The van der Waals surface area contributed by atoms with Crippen molar-refractivity contribution >= 4 is 28.9 Å². The zero-order chi connectivity index (χ0) is 16.2. The lowest BCUT2D eigenvalue weighted by Gasteiger charge is -2.31. The van der Waals surface area contributed by atoms with Gasteiger partial charge in [-0.15, -0.1) is 0 Å². The molecule has 0 aliphatic carbocycles. The van der Waals surface area contributed by atoms with Gasteiger partial charge in [0.1, 0.15) is 5.75 Å². The van der Waals surface area contributed by atoms with Crippen molar-refractivity contribution < 1.29 is 9.53 Å². The Kier molecular flexibility index (Phi) is 4.57. The number of para-hydroxylation sites is 1. The Balaban J connectivity index is 1.73. The maximum Gasteiger partial charge on any atom is 0.257 e. The van der Waals surface area contributed by atoms with Crippen LogP contribution in [-0.4, -0.2) is 24.7 Å². The van der Waals surface area contributed by atoms with Crippen LogP contribution in [0.2, 0.25) is 0 Å². The van der Waals surface area contributed by atoms with Gasteiger partial charge in [0.25, 0.3) is 5.91 Å². The average Bonchev–Trinajstić information content (AvgIpc) is 2.61. The van der Waals surface area contributed by atoms with Crippen LogP contribution in [-0.2, 0) is 6.42 Å². The second-order valence-electron chi connectivity index (χ2n) is 5.37. The maximum atomic E-state index is 12.3. The molecular formula is C18H18N2O2S. The normalized spacial score (nSPS) is 13.2. The molecule has 1 aliphatic heterocycles. The molecule has 0 fully saturated rings. The van der Waals surface area contributed by atoms with Gasteiger partial charge in [-0.1, -0.05) is 18.2 Å². The molecule has 0 saturated carbocycles. The number of nitrogens with zero attached hydrogens (tertiary/aromatic N) is 1. The maximum absolute atomic E-state index is 12.3. The summed E-state index contributed by atoms with van der Waals surface area (Å²) in [6.45, 7) is 0.818. The standard InChI is InChI=1S/C18H18N2O2S/c1-22-15-10-8-14(9-11-15)17(21)19-18(23)20-12-4-6-13-5-2-3-7-16(13)20/h2-3,5,7-11H,4,6,12H2,1H3,(H,19,21,23). The number of aryl methyl sites for hydroxylation is 1. The molecule has 23 heavy (non-hydrogen) atoms. The first kappa shape index (κ1) is 15.5. The molecule has 2 aromatic rings. The number of carbonyl (C=O) groups is 1. The Morgan fingerprint density at radius 1 is 1.17 bits per heavy atom. The van der Waals surface area contributed by atoms with Crippen LogP contribution in [0.3, 0.4) is 0 Å². The second kappa shape index (κ2) is 6.79. The zero-order valence-corrected chi connectivity index (χ0v) is 13.7. The number of methoxy groups -OCH3 is 1. The Bertz CT molecular complexity index is 728. The number of ether oxygens (including phenoxy) is 1. The largest absolute Gasteiger partial charge is 0.497 e. The summed E-state index contributed by atoms with van der Waals surface area (Å²) in [5.41, 5.74) is 2.90. The molecule has 0 radical (unpaired) electrons. The first-order chi connectivity index (χ1) is 11.2. The van der Waals surface area contributed by atoms with Crippen LogP contribution >= 0.6 is 12.2 Å². The first-order valence-corrected chi connectivity index (χ1v) is 7.94. The van der Waals surface area contributed by atoms with E-state index in [9.17, 15) is 4.79 Å². The van der Waals surface area contributed by atoms with E-state index in [1.807, 2.05) is 23.1 Å². The molecule has 3 rings (SSSR count). The van der Waals surface area contributed by atoms with E-state index in [-0.39, 0.29) is 5.91 Å². The summed E-state index contributed by atoms with van der Waals surface area (Å²) in [6.07, 6.45) is 2.07. The molecule has 1 N–H and O–H groups in total. The van der Waals surface area contributed by atoms with Crippen LogP contribution in [0.15, 0.2) is 48.5 Å². The molecule has 1 aliphatic rings. The predicted octanol–water partition coefficient (Wildman–Crippen LogP) is 3.16. The molecule has 0 unspecified atom stereocenters. The lowest BCUT2D eigenvalue weighted by Crippen LogP contribution is -2.45. The van der Waals surface area contributed by atoms with E-state index < -0.39 is 0 Å². The quantitative estimate of drug-likeness (QED) is 0.861. The van der Waals surface area contributed by atoms with Crippen LogP contribution in [0.4, 0.5) is 5.69 Å². The Hall–Kier alpha value is -2.40. The number of benzene rings is 2. The molecular weight excluding hydrogens is 308 g/mol. The van der Waals surface area contributed by atoms with Gasteiger partial charge >= 0.3 is 0 Å². The van der Waals surface area contributed by atoms with Crippen LogP contribution in [0.25, 0.3) is 0 Å². The van der Waals surface area contributed by atoms with Gasteiger partial charge in [0, 0.05) is 17.8 Å². The van der Waals surface area contributed by atoms with Gasteiger partial charge in [-0.05, 0) is 61.0 Å². The van der Waals surface area contributed by atoms with E-state index in [2.05, 4.69) is 11.4 Å². The van der Waals surface area contributed by atoms with Crippen molar-refractivity contribution in [1.29, 1.82) is 0 Å². The number of anilines is 1. The van der Waals surface area contributed by atoms with Crippen LogP contribution in [0.5, 0.6) is 5.75 Å². The molecule has 118 valence electrons. The third-order valence-electron chi connectivity index (χ3n) is 3.93. The molecule has 5 heteroatoms. The minimum Gasteiger partial charge on any atom is -0.497 e. The van der Waals surface area contributed by atoms with E-state index in [1.54, 1.807) is 31.4 Å². The lowest BCUT2D eigenvalue weighted by atomic mass is 10.0. The van der Waals surface area contributed by atoms with Gasteiger partial charge in [0.05, 0.1) is 7.11 Å². The number of amides is 1. The van der Waals surface area contributed by atoms with E-state index in [4.69, 9.17) is 17.0 Å². The van der Waals surface area contributed by atoms with Crippen LogP contribution in [0.1, 0.15) is 22.3 Å². The summed E-state index contributed by atoms with van der Waals surface area (Å²) in [4.78, 5) is 14.3. The van der Waals surface area contributed by atoms with Gasteiger partial charge in [-0.25, -0.2) is 0 Å². The SMILES string of the molecule is COc1ccc(C(=O)NC(=S)N2CCCc3ccccc32)cc1. The average molecular weight is 326 g/mol. The molecule has 0 aromatic heterocycles. The number of nitrogens with one attached hydrogen (secondary N) is 1. The van der Waals surface area contributed by atoms with Gasteiger partial charge < -0.3 is 9.64 Å². The van der Waals surface area contributed by atoms with E-state index >= 15 is 0 Å². The molecule has 0 saturated heterocycles. The van der Waals surface area contributed by atoms with Crippen molar-refractivity contribution in [3.8, 4) is 5.75 Å². The summed E-state index contributed by atoms with van der Waals surface area (Å²) in [5, 5.41) is 3.26. The highest BCUT2D eigenvalue weighted by Crippen LogP contribution is 2.26. The fourth-order valence-electron chi connectivity index (χ4n) is 2.72. The molecule has 0 atom stereocenters. The number of hydrogen-bond donors (Lipinski definition) is 1. The number of thiocarbonyl (C=S) groups is 1. The minimum absolute atomic E-state index is 0.208. The van der Waals surface area contributed by atoms with E-state index in [0.717, 1.165) is 25.1 Å². The van der Waals surface area contributed by atoms with Crippen molar-refractivity contribution in [3.63, 3.8) is 0 Å². The first-order valence-electron chi connectivity index (χ1n) is 7.54. The molecule has 0 bridgehead atoms. The highest BCUT2D eigenvalue weighted by atomic mass is 32.1. The second-order valence-corrected chi connectivity index (χ2v) is 5.76. The summed E-state index contributed by atoms with van der Waals surface area (Å²) in [7, 11) is 1.60. The van der Waals surface area contributed by atoms with Gasteiger partial charge in [-0.3, -0.25) is 10.1 Å². The smallest absolute Gasteiger partial charge is 0.257 e. The van der Waals surface area contributed by atoms with Crippen molar-refractivity contribution in [3.05, 3.63) is 59.7 Å². The summed E-state index contributed by atoms with van der Waals surface area (Å²) in [6, 6.07) is 15.1. The lowest BCUT2D eigenvalue weighted by molar-refractivity contribution is 0.0977. The van der Waals surface area contributed by atoms with Gasteiger partial charge in [0.2, 0.25) is 0 Å². The Morgan fingerprint density at radius 3 is 2.65 bits per heavy atom. The predicted molar refractivity (Wildman–Crippen MR) is 95.2 cm³/mol. The third-order valence-corrected chi connectivity index (χ3v) is 4.25. The fourth-order valence-corrected chi connectivity index (χ4v) is 3.01. The van der Waals surface area contributed by atoms with Crippen molar-refractivity contribution in [2.24, 2.45) is 0 Å². The zero-order valence-electron chi connectivity index (χ0n) is 12.9. The van der Waals surface area contributed by atoms with Gasteiger partial charge in [-0.2, -0.15) is 0 Å². The summed E-state index contributed by atoms with van der Waals surface area (Å²) >= 11 is 5.44. The number of hydrogen-bond acceptors (Lipinski definition) is 3. The monoisotopic (exact) mass is 326 g/mol. The van der Waals surface area contributed by atoms with E-state index in [0.29, 0.717) is 16.4 Å². The third kappa shape index (κ3) is 3.35. The number of fused-ring (bicyclic) bond motifs is 1. The van der Waals surface area contributed by atoms with Crippen molar-refractivity contribution in [1.82, 2.24) is 5.32 Å². The van der Waals surface area contributed by atoms with Crippen LogP contribution < -0.4 is 15.0 Å². The molecule has 1 heterocycles. The van der Waals surface area contributed by atoms with Crippen molar-refractivity contribution in [2.45, 2.75) is 12.8 Å². The van der Waals surface area contributed by atoms with Gasteiger partial charge in [0.15, 0.2) is 5.11 Å².